The molecule has 3 nitrogen and oxygen atoms in total. The highest BCUT2D eigenvalue weighted by Crippen LogP contribution is 2.53. The smallest absolute Gasteiger partial charge is 0.342 e. The summed E-state index contributed by atoms with van der Waals surface area (Å²) >= 11 is 0. The van der Waals surface area contributed by atoms with Gasteiger partial charge in [0.2, 0.25) is 0 Å². The summed E-state index contributed by atoms with van der Waals surface area (Å²) in [5.74, 6) is -1.82. The largest absolute Gasteiger partial charge is 0.489 e. The van der Waals surface area contributed by atoms with Crippen LogP contribution in [-0.2, 0) is 0 Å². The molecule has 1 spiro atoms. The molecular formula is C16H19FO3. The molecule has 0 saturated heterocycles. The maximum Gasteiger partial charge on any atom is 0.342 e. The third-order valence-corrected chi connectivity index (χ3v) is 4.90. The molecule has 0 radical (unpaired) electrons. The summed E-state index contributed by atoms with van der Waals surface area (Å²) in [6, 6.07) is 4.22. The van der Waals surface area contributed by atoms with Gasteiger partial charge >= 0.3 is 5.97 Å². The number of ether oxygens (including phenoxy) is 1. The van der Waals surface area contributed by atoms with Gasteiger partial charge in [-0.05, 0) is 37.8 Å². The molecule has 0 amide bonds. The van der Waals surface area contributed by atoms with E-state index in [1.54, 1.807) is 6.07 Å². The van der Waals surface area contributed by atoms with Crippen LogP contribution >= 0.6 is 0 Å². The summed E-state index contributed by atoms with van der Waals surface area (Å²) in [4.78, 5) is 11.2. The molecule has 0 bridgehead atoms. The summed E-state index contributed by atoms with van der Waals surface area (Å²) < 4.78 is 19.5. The van der Waals surface area contributed by atoms with Crippen molar-refractivity contribution in [2.45, 2.75) is 51.0 Å². The Morgan fingerprint density at radius 1 is 1.25 bits per heavy atom. The van der Waals surface area contributed by atoms with Crippen molar-refractivity contribution in [2.24, 2.45) is 5.41 Å². The van der Waals surface area contributed by atoms with E-state index in [4.69, 9.17) is 9.84 Å². The van der Waals surface area contributed by atoms with E-state index < -0.39 is 11.8 Å². The molecule has 0 aliphatic heterocycles. The molecule has 108 valence electrons. The molecule has 2 saturated carbocycles. The van der Waals surface area contributed by atoms with Crippen LogP contribution in [0.4, 0.5) is 4.39 Å². The van der Waals surface area contributed by atoms with Crippen molar-refractivity contribution in [3.8, 4) is 5.75 Å². The van der Waals surface area contributed by atoms with Crippen molar-refractivity contribution in [3.63, 3.8) is 0 Å². The molecule has 1 aromatic rings. The summed E-state index contributed by atoms with van der Waals surface area (Å²) in [6.45, 7) is 0. The first-order valence-electron chi connectivity index (χ1n) is 7.31. The summed E-state index contributed by atoms with van der Waals surface area (Å²) in [5.41, 5.74) is -0.134. The fourth-order valence-electron chi connectivity index (χ4n) is 3.65. The molecule has 2 aliphatic carbocycles. The number of hydrogen-bond acceptors (Lipinski definition) is 2. The zero-order chi connectivity index (χ0) is 14.2. The second-order valence-corrected chi connectivity index (χ2v) is 5.99. The molecule has 0 heterocycles. The molecule has 2 aliphatic rings. The van der Waals surface area contributed by atoms with Crippen LogP contribution in [0.1, 0.15) is 55.3 Å². The van der Waals surface area contributed by atoms with Crippen LogP contribution in [-0.4, -0.2) is 17.2 Å². The molecule has 20 heavy (non-hydrogen) atoms. The van der Waals surface area contributed by atoms with E-state index in [2.05, 4.69) is 0 Å². The van der Waals surface area contributed by atoms with Crippen molar-refractivity contribution in [3.05, 3.63) is 29.6 Å². The van der Waals surface area contributed by atoms with Gasteiger partial charge in [0.25, 0.3) is 0 Å². The van der Waals surface area contributed by atoms with Gasteiger partial charge < -0.3 is 9.84 Å². The zero-order valence-corrected chi connectivity index (χ0v) is 11.4. The van der Waals surface area contributed by atoms with Crippen molar-refractivity contribution in [2.75, 3.05) is 0 Å². The first-order chi connectivity index (χ1) is 9.62. The molecule has 1 atom stereocenters. The van der Waals surface area contributed by atoms with Gasteiger partial charge in [-0.3, -0.25) is 0 Å². The number of rotatable bonds is 3. The molecule has 3 rings (SSSR count). The van der Waals surface area contributed by atoms with E-state index in [9.17, 15) is 9.18 Å². The van der Waals surface area contributed by atoms with Crippen molar-refractivity contribution >= 4 is 5.97 Å². The quantitative estimate of drug-likeness (QED) is 0.908. The van der Waals surface area contributed by atoms with E-state index in [1.807, 2.05) is 0 Å². The fraction of sp³-hybridized carbons (Fsp3) is 0.562. The van der Waals surface area contributed by atoms with E-state index in [0.717, 1.165) is 31.7 Å². The van der Waals surface area contributed by atoms with Crippen molar-refractivity contribution < 1.29 is 19.0 Å². The summed E-state index contributed by atoms with van der Waals surface area (Å²) in [6.07, 6.45) is 8.14. The molecule has 2 fully saturated rings. The highest BCUT2D eigenvalue weighted by atomic mass is 19.1. The second kappa shape index (κ2) is 5.08. The Hall–Kier alpha value is -1.58. The fourth-order valence-corrected chi connectivity index (χ4v) is 3.65. The van der Waals surface area contributed by atoms with Gasteiger partial charge in [0, 0.05) is 5.41 Å². The predicted molar refractivity (Wildman–Crippen MR) is 72.5 cm³/mol. The Labute approximate surface area is 117 Å². The Morgan fingerprint density at radius 2 is 2.00 bits per heavy atom. The lowest BCUT2D eigenvalue weighted by Crippen LogP contribution is -2.49. The number of carbonyl (C=O) groups is 1. The van der Waals surface area contributed by atoms with E-state index in [-0.39, 0.29) is 22.8 Å². The summed E-state index contributed by atoms with van der Waals surface area (Å²) in [7, 11) is 0. The number of carboxylic acids is 1. The Kier molecular flexibility index (Phi) is 3.40. The van der Waals surface area contributed by atoms with Gasteiger partial charge in [-0.2, -0.15) is 0 Å². The van der Waals surface area contributed by atoms with E-state index >= 15 is 0 Å². The van der Waals surface area contributed by atoms with Gasteiger partial charge in [0.1, 0.15) is 23.2 Å². The van der Waals surface area contributed by atoms with Crippen LogP contribution < -0.4 is 4.74 Å². The van der Waals surface area contributed by atoms with E-state index in [1.165, 1.54) is 25.3 Å². The van der Waals surface area contributed by atoms with Crippen LogP contribution in [0.2, 0.25) is 0 Å². The van der Waals surface area contributed by atoms with Gasteiger partial charge in [-0.25, -0.2) is 9.18 Å². The highest BCUT2D eigenvalue weighted by molar-refractivity contribution is 5.91. The van der Waals surface area contributed by atoms with E-state index in [0.29, 0.717) is 0 Å². The zero-order valence-electron chi connectivity index (χ0n) is 11.4. The van der Waals surface area contributed by atoms with Crippen LogP contribution in [0.3, 0.4) is 0 Å². The molecule has 1 unspecified atom stereocenters. The van der Waals surface area contributed by atoms with Gasteiger partial charge in [-0.1, -0.05) is 25.3 Å². The number of benzene rings is 1. The van der Waals surface area contributed by atoms with Gasteiger partial charge in [0.15, 0.2) is 0 Å². The maximum atomic E-state index is 13.6. The minimum atomic E-state index is -1.27. The van der Waals surface area contributed by atoms with Crippen LogP contribution in [0, 0.1) is 11.2 Å². The predicted octanol–water partition coefficient (Wildman–Crippen LogP) is 4.02. The van der Waals surface area contributed by atoms with Crippen molar-refractivity contribution in [1.82, 2.24) is 0 Å². The lowest BCUT2D eigenvalue weighted by molar-refractivity contribution is -0.0708. The number of hydrogen-bond donors (Lipinski definition) is 1. The lowest BCUT2D eigenvalue weighted by atomic mass is 9.58. The molecule has 1 aromatic carbocycles. The van der Waals surface area contributed by atoms with Crippen LogP contribution in [0.25, 0.3) is 0 Å². The van der Waals surface area contributed by atoms with Gasteiger partial charge in [0.05, 0.1) is 0 Å². The Balaban J connectivity index is 1.82. The lowest BCUT2D eigenvalue weighted by Gasteiger charge is -2.51. The molecular weight excluding hydrogens is 259 g/mol. The van der Waals surface area contributed by atoms with Crippen LogP contribution in [0.15, 0.2) is 18.2 Å². The topological polar surface area (TPSA) is 46.5 Å². The first-order valence-corrected chi connectivity index (χ1v) is 7.31. The van der Waals surface area contributed by atoms with Crippen molar-refractivity contribution in [1.29, 1.82) is 0 Å². The SMILES string of the molecule is O=C(O)c1c(F)cccc1OC1CCC12CCCCC2. The van der Waals surface area contributed by atoms with Gasteiger partial charge in [-0.15, -0.1) is 0 Å². The highest BCUT2D eigenvalue weighted by Gasteiger charge is 2.48. The first kappa shape index (κ1) is 13.4. The Bertz CT molecular complexity index is 520. The second-order valence-electron chi connectivity index (χ2n) is 5.99. The molecule has 1 N–H and O–H groups in total. The molecule has 0 aromatic heterocycles. The number of carboxylic acid groups (broad SMARTS) is 1. The third kappa shape index (κ3) is 2.17. The monoisotopic (exact) mass is 278 g/mol. The average Bonchev–Trinajstić information content (AvgIpc) is 2.44. The Morgan fingerprint density at radius 3 is 2.60 bits per heavy atom. The maximum absolute atomic E-state index is 13.6. The molecule has 4 heteroatoms. The number of aromatic carboxylic acids is 1. The average molecular weight is 278 g/mol. The standard InChI is InChI=1S/C16H19FO3/c17-11-5-4-6-12(14(11)15(18)19)20-13-7-10-16(13)8-2-1-3-9-16/h4-6,13H,1-3,7-10H2,(H,18,19). The van der Waals surface area contributed by atoms with Crippen LogP contribution in [0.5, 0.6) is 5.75 Å². The minimum Gasteiger partial charge on any atom is -0.489 e. The summed E-state index contributed by atoms with van der Waals surface area (Å²) in [5, 5.41) is 9.13. The third-order valence-electron chi connectivity index (χ3n) is 4.90. The minimum absolute atomic E-state index is 0.0442. The normalized spacial score (nSPS) is 24.1. The number of halogens is 1.